The number of nitrogens with zero attached hydrogens (tertiary/aromatic N) is 1. The van der Waals surface area contributed by atoms with Crippen molar-refractivity contribution in [1.29, 1.82) is 0 Å². The Bertz CT molecular complexity index is 1100. The second-order valence-electron chi connectivity index (χ2n) is 12.5. The van der Waals surface area contributed by atoms with Crippen LogP contribution in [0.3, 0.4) is 0 Å². The second-order valence-corrected chi connectivity index (χ2v) is 13.3. The molecule has 0 radical (unpaired) electrons. The lowest BCUT2D eigenvalue weighted by Crippen LogP contribution is -2.49. The molecule has 2 atom stereocenters. The Hall–Kier alpha value is -1.98. The van der Waals surface area contributed by atoms with Gasteiger partial charge in [-0.2, -0.15) is 0 Å². The highest BCUT2D eigenvalue weighted by molar-refractivity contribution is 6.34. The van der Waals surface area contributed by atoms with Crippen molar-refractivity contribution in [2.45, 2.75) is 74.3 Å². The Kier molecular flexibility index (Phi) is 8.27. The maximum absolute atomic E-state index is 14.1. The fourth-order valence-corrected chi connectivity index (χ4v) is 6.01. The van der Waals surface area contributed by atoms with Crippen molar-refractivity contribution in [2.24, 2.45) is 35.6 Å². The fourth-order valence-electron chi connectivity index (χ4n) is 5.60. The highest BCUT2D eigenvalue weighted by atomic mass is 35.5. The predicted molar refractivity (Wildman–Crippen MR) is 149 cm³/mol. The molecule has 1 fully saturated rings. The molecule has 0 saturated heterocycles. The highest BCUT2D eigenvalue weighted by Gasteiger charge is 2.48. The van der Waals surface area contributed by atoms with E-state index in [0.717, 1.165) is 18.4 Å². The van der Waals surface area contributed by atoms with Gasteiger partial charge in [0.15, 0.2) is 0 Å². The molecule has 5 nitrogen and oxygen atoms in total. The number of benzene rings is 1. The largest absolute Gasteiger partial charge is 0.458 e. The normalized spacial score (nSPS) is 22.9. The monoisotopic (exact) mass is 534 g/mol. The molecule has 2 aromatic rings. The molecule has 0 aliphatic heterocycles. The van der Waals surface area contributed by atoms with Crippen LogP contribution in [0.25, 0.3) is 11.1 Å². The van der Waals surface area contributed by atoms with E-state index in [-0.39, 0.29) is 40.2 Å². The van der Waals surface area contributed by atoms with Crippen LogP contribution in [0.15, 0.2) is 24.3 Å². The van der Waals surface area contributed by atoms with E-state index in [0.29, 0.717) is 27.5 Å². The van der Waals surface area contributed by atoms with Crippen molar-refractivity contribution in [2.75, 3.05) is 5.32 Å². The van der Waals surface area contributed by atoms with Gasteiger partial charge in [-0.3, -0.25) is 4.79 Å². The zero-order valence-electron chi connectivity index (χ0n) is 23.0. The van der Waals surface area contributed by atoms with Crippen molar-refractivity contribution < 1.29 is 14.3 Å². The van der Waals surface area contributed by atoms with Crippen LogP contribution >= 0.6 is 23.2 Å². The third-order valence-corrected chi connectivity index (χ3v) is 8.22. The van der Waals surface area contributed by atoms with E-state index in [1.807, 2.05) is 12.1 Å². The quantitative estimate of drug-likeness (QED) is 0.401. The van der Waals surface area contributed by atoms with Gasteiger partial charge >= 0.3 is 5.97 Å². The van der Waals surface area contributed by atoms with Crippen molar-refractivity contribution in [3.05, 3.63) is 40.0 Å². The molecule has 1 N–H and O–H groups in total. The van der Waals surface area contributed by atoms with Crippen molar-refractivity contribution in [1.82, 2.24) is 4.57 Å². The van der Waals surface area contributed by atoms with E-state index in [4.69, 9.17) is 27.9 Å². The summed E-state index contributed by atoms with van der Waals surface area (Å²) in [5.74, 6) is 0.476. The molecule has 1 heterocycles. The summed E-state index contributed by atoms with van der Waals surface area (Å²) < 4.78 is 8.11. The first kappa shape index (κ1) is 28.6. The average Bonchev–Trinajstić information content (AvgIpc) is 2.98. The predicted octanol–water partition coefficient (Wildman–Crippen LogP) is 8.24. The van der Waals surface area contributed by atoms with Gasteiger partial charge in [0.1, 0.15) is 22.6 Å². The Balaban J connectivity index is 2.16. The number of carbonyl (C=O) groups is 2. The number of ether oxygens (including phenoxy) is 1. The van der Waals surface area contributed by atoms with E-state index in [2.05, 4.69) is 53.8 Å². The smallest absolute Gasteiger partial charge is 0.342 e. The van der Waals surface area contributed by atoms with E-state index in [1.54, 1.807) is 23.7 Å². The molecular weight excluding hydrogens is 495 g/mol. The Morgan fingerprint density at radius 2 is 1.47 bits per heavy atom. The van der Waals surface area contributed by atoms with Gasteiger partial charge in [-0.1, -0.05) is 83.8 Å². The minimum absolute atomic E-state index is 0.0447. The number of hydrogen-bond acceptors (Lipinski definition) is 3. The van der Waals surface area contributed by atoms with Crippen LogP contribution in [-0.4, -0.2) is 22.5 Å². The molecule has 1 saturated carbocycles. The molecule has 198 valence electrons. The number of rotatable bonds is 4. The SMILES string of the molecule is CC(=O)Nc1c(C(=O)OC2C(C(C)(C)C)CC(C)CC2C(C)(C)C)c(-c2ccc(Cl)cc2)c(Cl)n1C. The molecule has 36 heavy (non-hydrogen) atoms. The summed E-state index contributed by atoms with van der Waals surface area (Å²) in [5.41, 5.74) is 1.42. The molecule has 7 heteroatoms. The van der Waals surface area contributed by atoms with Gasteiger partial charge in [0.2, 0.25) is 5.91 Å². The third-order valence-electron chi connectivity index (χ3n) is 7.53. The molecule has 1 aliphatic rings. The summed E-state index contributed by atoms with van der Waals surface area (Å²) >= 11 is 12.9. The second kappa shape index (κ2) is 10.4. The van der Waals surface area contributed by atoms with Gasteiger partial charge in [0.05, 0.1) is 0 Å². The van der Waals surface area contributed by atoms with E-state index >= 15 is 0 Å². The fraction of sp³-hybridized carbons (Fsp3) is 0.586. The third kappa shape index (κ3) is 5.94. The Morgan fingerprint density at radius 3 is 1.92 bits per heavy atom. The van der Waals surface area contributed by atoms with Gasteiger partial charge in [-0.15, -0.1) is 0 Å². The molecular formula is C29H40Cl2N2O3. The summed E-state index contributed by atoms with van der Waals surface area (Å²) in [6.07, 6.45) is 1.72. The number of esters is 1. The highest BCUT2D eigenvalue weighted by Crippen LogP contribution is 2.50. The standard InChI is InChI=1S/C29H40Cl2N2O3/c1-16-14-20(28(3,4)5)24(21(15-16)29(6,7)8)36-27(35)23-22(18-10-12-19(30)13-11-18)25(31)33(9)26(23)32-17(2)34/h10-13,16,20-21,24H,14-15H2,1-9H3,(H,32,34). The number of halogens is 2. The number of aromatic nitrogens is 1. The van der Waals surface area contributed by atoms with Crippen LogP contribution in [0.4, 0.5) is 5.82 Å². The minimum atomic E-state index is -0.478. The number of amides is 1. The van der Waals surface area contributed by atoms with Crippen LogP contribution in [0.2, 0.25) is 10.2 Å². The topological polar surface area (TPSA) is 60.3 Å². The first-order chi connectivity index (χ1) is 16.5. The van der Waals surface area contributed by atoms with Gasteiger partial charge in [0, 0.05) is 36.4 Å². The summed E-state index contributed by atoms with van der Waals surface area (Å²) in [4.78, 5) is 26.2. The van der Waals surface area contributed by atoms with Crippen molar-refractivity contribution >= 4 is 40.9 Å². The molecule has 1 aromatic heterocycles. The first-order valence-corrected chi connectivity index (χ1v) is 13.4. The van der Waals surface area contributed by atoms with Crippen LogP contribution < -0.4 is 5.32 Å². The zero-order chi connectivity index (χ0) is 27.2. The van der Waals surface area contributed by atoms with Gasteiger partial charge in [-0.25, -0.2) is 4.79 Å². The maximum Gasteiger partial charge on any atom is 0.342 e. The van der Waals surface area contributed by atoms with Crippen molar-refractivity contribution in [3.63, 3.8) is 0 Å². The lowest BCUT2D eigenvalue weighted by molar-refractivity contribution is -0.114. The van der Waals surface area contributed by atoms with Crippen LogP contribution in [-0.2, 0) is 16.6 Å². The molecule has 0 spiro atoms. The van der Waals surface area contributed by atoms with E-state index in [9.17, 15) is 9.59 Å². The van der Waals surface area contributed by atoms with Crippen LogP contribution in [0, 0.1) is 28.6 Å². The maximum atomic E-state index is 14.1. The number of carbonyl (C=O) groups excluding carboxylic acids is 2. The lowest BCUT2D eigenvalue weighted by atomic mass is 9.59. The minimum Gasteiger partial charge on any atom is -0.458 e. The molecule has 1 aromatic carbocycles. The molecule has 0 bridgehead atoms. The Morgan fingerprint density at radius 1 is 0.972 bits per heavy atom. The lowest BCUT2D eigenvalue weighted by Gasteiger charge is -2.50. The molecule has 1 aliphatic carbocycles. The van der Waals surface area contributed by atoms with Gasteiger partial charge in [-0.05, 0) is 47.3 Å². The van der Waals surface area contributed by atoms with Gasteiger partial charge in [0.25, 0.3) is 0 Å². The average molecular weight is 536 g/mol. The van der Waals surface area contributed by atoms with Crippen LogP contribution in [0.5, 0.6) is 0 Å². The number of anilines is 1. The molecule has 2 unspecified atom stereocenters. The first-order valence-electron chi connectivity index (χ1n) is 12.6. The van der Waals surface area contributed by atoms with Gasteiger partial charge < -0.3 is 14.6 Å². The van der Waals surface area contributed by atoms with Crippen LogP contribution in [0.1, 0.15) is 78.6 Å². The number of nitrogens with one attached hydrogen (secondary N) is 1. The number of hydrogen-bond donors (Lipinski definition) is 1. The van der Waals surface area contributed by atoms with Crippen molar-refractivity contribution in [3.8, 4) is 11.1 Å². The molecule has 1 amide bonds. The Labute approximate surface area is 225 Å². The summed E-state index contributed by atoms with van der Waals surface area (Å²) in [7, 11) is 1.72. The summed E-state index contributed by atoms with van der Waals surface area (Å²) in [5, 5.41) is 3.72. The van der Waals surface area contributed by atoms with E-state index < -0.39 is 5.97 Å². The molecule has 3 rings (SSSR count). The summed E-state index contributed by atoms with van der Waals surface area (Å²) in [6, 6.07) is 7.13. The van der Waals surface area contributed by atoms with E-state index in [1.165, 1.54) is 6.92 Å². The summed E-state index contributed by atoms with van der Waals surface area (Å²) in [6.45, 7) is 17.0. The zero-order valence-corrected chi connectivity index (χ0v) is 24.5.